The third-order valence-corrected chi connectivity index (χ3v) is 4.09. The molecule has 1 aromatic heterocycles. The van der Waals surface area contributed by atoms with Crippen molar-refractivity contribution in [1.29, 1.82) is 0 Å². The summed E-state index contributed by atoms with van der Waals surface area (Å²) in [7, 11) is 1.53. The Hall–Kier alpha value is -2.99. The number of rotatable bonds is 7. The molecule has 1 heterocycles. The van der Waals surface area contributed by atoms with Crippen LogP contribution in [0.1, 0.15) is 27.4 Å². The molecule has 0 saturated carbocycles. The molecule has 3 aromatic rings. The molecule has 6 nitrogen and oxygen atoms in total. The molecule has 1 amide bonds. The van der Waals surface area contributed by atoms with Gasteiger partial charge in [0.05, 0.1) is 13.7 Å². The van der Waals surface area contributed by atoms with Gasteiger partial charge in [-0.2, -0.15) is 0 Å². The predicted molar refractivity (Wildman–Crippen MR) is 101 cm³/mol. The minimum atomic E-state index is -0.238. The lowest BCUT2D eigenvalue weighted by Gasteiger charge is -2.12. The highest BCUT2D eigenvalue weighted by molar-refractivity contribution is 6.30. The summed E-state index contributed by atoms with van der Waals surface area (Å²) in [6.07, 6.45) is 0. The fraction of sp³-hybridized carbons (Fsp3) is 0.200. The molecule has 1 N–H and O–H groups in total. The Labute approximate surface area is 162 Å². The number of hydrogen-bond acceptors (Lipinski definition) is 5. The lowest BCUT2D eigenvalue weighted by Crippen LogP contribution is -2.23. The fourth-order valence-corrected chi connectivity index (χ4v) is 2.57. The third kappa shape index (κ3) is 5.01. The summed E-state index contributed by atoms with van der Waals surface area (Å²) in [6.45, 7) is 2.45. The van der Waals surface area contributed by atoms with Gasteiger partial charge in [0.15, 0.2) is 11.5 Å². The van der Waals surface area contributed by atoms with Gasteiger partial charge in [-0.05, 0) is 42.8 Å². The summed E-state index contributed by atoms with van der Waals surface area (Å²) in [5, 5.41) is 7.31. The van der Waals surface area contributed by atoms with E-state index in [1.54, 1.807) is 43.3 Å². The fourth-order valence-electron chi connectivity index (χ4n) is 2.44. The van der Waals surface area contributed by atoms with Gasteiger partial charge in [-0.15, -0.1) is 0 Å². The van der Waals surface area contributed by atoms with Gasteiger partial charge in [0.1, 0.15) is 18.1 Å². The zero-order chi connectivity index (χ0) is 19.2. The number of ether oxygens (including phenoxy) is 2. The second-order valence-electron chi connectivity index (χ2n) is 5.89. The molecule has 7 heteroatoms. The molecule has 27 heavy (non-hydrogen) atoms. The number of halogens is 1. The first-order valence-electron chi connectivity index (χ1n) is 8.31. The molecular weight excluding hydrogens is 368 g/mol. The Morgan fingerprint density at radius 1 is 1.15 bits per heavy atom. The van der Waals surface area contributed by atoms with Crippen LogP contribution in [-0.4, -0.2) is 18.2 Å². The number of amides is 1. The Bertz CT molecular complexity index is 922. The van der Waals surface area contributed by atoms with Crippen molar-refractivity contribution in [3.8, 4) is 11.5 Å². The normalized spacial score (nSPS) is 10.5. The number of hydrogen-bond donors (Lipinski definition) is 1. The monoisotopic (exact) mass is 386 g/mol. The summed E-state index contributed by atoms with van der Waals surface area (Å²) in [5.41, 5.74) is 2.10. The number of benzene rings is 2. The van der Waals surface area contributed by atoms with E-state index in [1.807, 2.05) is 12.1 Å². The van der Waals surface area contributed by atoms with E-state index in [0.29, 0.717) is 40.1 Å². The Balaban J connectivity index is 1.64. The summed E-state index contributed by atoms with van der Waals surface area (Å²) >= 11 is 5.88. The van der Waals surface area contributed by atoms with Crippen LogP contribution in [-0.2, 0) is 13.2 Å². The van der Waals surface area contributed by atoms with Crippen molar-refractivity contribution in [3.63, 3.8) is 0 Å². The maximum atomic E-state index is 12.3. The van der Waals surface area contributed by atoms with Crippen LogP contribution >= 0.6 is 11.6 Å². The first kappa shape index (κ1) is 18.8. The van der Waals surface area contributed by atoms with Crippen LogP contribution in [0.4, 0.5) is 0 Å². The molecule has 0 bridgehead atoms. The number of carbonyl (C=O) groups is 1. The number of nitrogens with one attached hydrogen (secondary N) is 1. The zero-order valence-corrected chi connectivity index (χ0v) is 15.7. The molecule has 0 saturated heterocycles. The standard InChI is InChI=1S/C20H19ClN2O4/c1-13-9-17(23-27-13)11-22-20(24)15-5-8-18(19(10-15)25-2)26-12-14-3-6-16(21)7-4-14/h3-10H,11-12H2,1-2H3,(H,22,24). The van der Waals surface area contributed by atoms with Crippen molar-refractivity contribution in [2.24, 2.45) is 0 Å². The Morgan fingerprint density at radius 3 is 2.59 bits per heavy atom. The summed E-state index contributed by atoms with van der Waals surface area (Å²) < 4.78 is 16.1. The van der Waals surface area contributed by atoms with Crippen LogP contribution < -0.4 is 14.8 Å². The first-order valence-corrected chi connectivity index (χ1v) is 8.68. The van der Waals surface area contributed by atoms with E-state index in [1.165, 1.54) is 7.11 Å². The lowest BCUT2D eigenvalue weighted by atomic mass is 10.2. The molecular formula is C20H19ClN2O4. The maximum Gasteiger partial charge on any atom is 0.251 e. The highest BCUT2D eigenvalue weighted by Gasteiger charge is 2.12. The smallest absolute Gasteiger partial charge is 0.251 e. The SMILES string of the molecule is COc1cc(C(=O)NCc2cc(C)on2)ccc1OCc1ccc(Cl)cc1. The van der Waals surface area contributed by atoms with Gasteiger partial charge in [-0.3, -0.25) is 4.79 Å². The molecule has 3 rings (SSSR count). The Kier molecular flexibility index (Phi) is 5.98. The molecule has 2 aromatic carbocycles. The summed E-state index contributed by atoms with van der Waals surface area (Å²) in [6, 6.07) is 14.2. The third-order valence-electron chi connectivity index (χ3n) is 3.84. The van der Waals surface area contributed by atoms with Gasteiger partial charge in [-0.25, -0.2) is 0 Å². The summed E-state index contributed by atoms with van der Waals surface area (Å²) in [5.74, 6) is 1.49. The zero-order valence-electron chi connectivity index (χ0n) is 15.0. The molecule has 0 aliphatic rings. The van der Waals surface area contributed by atoms with E-state index in [0.717, 1.165) is 5.56 Å². The quantitative estimate of drug-likeness (QED) is 0.660. The largest absolute Gasteiger partial charge is 0.493 e. The molecule has 0 aliphatic heterocycles. The van der Waals surface area contributed by atoms with Crippen LogP contribution in [0, 0.1) is 6.92 Å². The number of aromatic nitrogens is 1. The van der Waals surface area contributed by atoms with Gasteiger partial charge < -0.3 is 19.3 Å². The first-order chi connectivity index (χ1) is 13.0. The van der Waals surface area contributed by atoms with Crippen LogP contribution in [0.25, 0.3) is 0 Å². The van der Waals surface area contributed by atoms with E-state index < -0.39 is 0 Å². The number of nitrogens with zero attached hydrogens (tertiary/aromatic N) is 1. The highest BCUT2D eigenvalue weighted by atomic mass is 35.5. The van der Waals surface area contributed by atoms with E-state index in [9.17, 15) is 4.79 Å². The predicted octanol–water partition coefficient (Wildman–Crippen LogP) is 4.15. The summed E-state index contributed by atoms with van der Waals surface area (Å²) in [4.78, 5) is 12.3. The molecule has 0 radical (unpaired) electrons. The van der Waals surface area contributed by atoms with E-state index >= 15 is 0 Å². The van der Waals surface area contributed by atoms with Crippen molar-refractivity contribution in [3.05, 3.63) is 76.1 Å². The molecule has 0 atom stereocenters. The van der Waals surface area contributed by atoms with Crippen LogP contribution in [0.5, 0.6) is 11.5 Å². The molecule has 0 unspecified atom stereocenters. The van der Waals surface area contributed by atoms with Crippen LogP contribution in [0.2, 0.25) is 5.02 Å². The molecule has 0 fully saturated rings. The van der Waals surface area contributed by atoms with Crippen molar-refractivity contribution in [2.45, 2.75) is 20.1 Å². The number of methoxy groups -OCH3 is 1. The molecule has 0 aliphatic carbocycles. The van der Waals surface area contributed by atoms with Crippen molar-refractivity contribution in [2.75, 3.05) is 7.11 Å². The van der Waals surface area contributed by atoms with Gasteiger partial charge in [0.2, 0.25) is 0 Å². The average Bonchev–Trinajstić information content (AvgIpc) is 3.10. The van der Waals surface area contributed by atoms with Crippen molar-refractivity contribution >= 4 is 17.5 Å². The van der Waals surface area contributed by atoms with Crippen LogP contribution in [0.15, 0.2) is 53.1 Å². The topological polar surface area (TPSA) is 73.6 Å². The van der Waals surface area contributed by atoms with E-state index in [2.05, 4.69) is 10.5 Å². The maximum absolute atomic E-state index is 12.3. The average molecular weight is 387 g/mol. The van der Waals surface area contributed by atoms with Crippen molar-refractivity contribution in [1.82, 2.24) is 10.5 Å². The van der Waals surface area contributed by atoms with Gasteiger partial charge >= 0.3 is 0 Å². The van der Waals surface area contributed by atoms with E-state index in [4.69, 9.17) is 25.6 Å². The minimum Gasteiger partial charge on any atom is -0.493 e. The van der Waals surface area contributed by atoms with E-state index in [-0.39, 0.29) is 12.5 Å². The second kappa shape index (κ2) is 8.60. The molecule has 140 valence electrons. The lowest BCUT2D eigenvalue weighted by molar-refractivity contribution is 0.0949. The highest BCUT2D eigenvalue weighted by Crippen LogP contribution is 2.29. The van der Waals surface area contributed by atoms with Gasteiger partial charge in [-0.1, -0.05) is 28.9 Å². The Morgan fingerprint density at radius 2 is 1.93 bits per heavy atom. The van der Waals surface area contributed by atoms with Gasteiger partial charge in [0, 0.05) is 16.7 Å². The van der Waals surface area contributed by atoms with Gasteiger partial charge in [0.25, 0.3) is 5.91 Å². The second-order valence-corrected chi connectivity index (χ2v) is 6.33. The number of carbonyl (C=O) groups excluding carboxylic acids is 1. The minimum absolute atomic E-state index is 0.238. The van der Waals surface area contributed by atoms with Crippen LogP contribution in [0.3, 0.4) is 0 Å². The molecule has 0 spiro atoms. The number of aryl methyl sites for hydroxylation is 1. The van der Waals surface area contributed by atoms with Crippen molar-refractivity contribution < 1.29 is 18.8 Å².